The van der Waals surface area contributed by atoms with Crippen molar-refractivity contribution in [3.63, 3.8) is 0 Å². The van der Waals surface area contributed by atoms with Gasteiger partial charge >= 0.3 is 0 Å². The van der Waals surface area contributed by atoms with E-state index in [9.17, 15) is 0 Å². The fourth-order valence-electron chi connectivity index (χ4n) is 11.6. The SMILES string of the molecule is c1cc(-c2cccc3oc4ccccc4c23)cc(N(c2ccc(-c3ccc(-c4ccc5ccccc5c4)cc3)cc2)c2cccc3c2-c2ccccc2C32c3ccccc3-c3ccccc32)c1. The Kier molecular flexibility index (Phi) is 8.23. The summed E-state index contributed by atoms with van der Waals surface area (Å²) in [6.45, 7) is 0. The highest BCUT2D eigenvalue weighted by Crippen LogP contribution is 2.64. The lowest BCUT2D eigenvalue weighted by Gasteiger charge is -2.32. The normalized spacial score (nSPS) is 12.9. The third kappa shape index (κ3) is 5.57. The molecule has 11 aromatic carbocycles. The highest BCUT2D eigenvalue weighted by Gasteiger charge is 2.52. The van der Waals surface area contributed by atoms with Gasteiger partial charge in [-0.05, 0) is 132 Å². The predicted molar refractivity (Wildman–Crippen MR) is 279 cm³/mol. The summed E-state index contributed by atoms with van der Waals surface area (Å²) in [6.07, 6.45) is 0. The molecule has 1 spiro atoms. The molecule has 0 atom stereocenters. The summed E-state index contributed by atoms with van der Waals surface area (Å²) in [5.74, 6) is 0. The first kappa shape index (κ1) is 37.6. The Morgan fingerprint density at radius 1 is 0.313 bits per heavy atom. The number of furan rings is 1. The van der Waals surface area contributed by atoms with Crippen LogP contribution >= 0.6 is 0 Å². The number of fused-ring (bicyclic) bond motifs is 14. The number of benzene rings is 11. The molecule has 2 heteroatoms. The van der Waals surface area contributed by atoms with Gasteiger partial charge in [-0.3, -0.25) is 0 Å². The van der Waals surface area contributed by atoms with Crippen molar-refractivity contribution >= 4 is 49.8 Å². The average molecular weight is 852 g/mol. The highest BCUT2D eigenvalue weighted by atomic mass is 16.3. The number of anilines is 3. The molecule has 0 N–H and O–H groups in total. The Bertz CT molecular complexity index is 3880. The number of hydrogen-bond donors (Lipinski definition) is 0. The summed E-state index contributed by atoms with van der Waals surface area (Å²) in [6, 6.07) is 91.3. The van der Waals surface area contributed by atoms with Crippen LogP contribution in [0.5, 0.6) is 0 Å². The highest BCUT2D eigenvalue weighted by molar-refractivity contribution is 6.12. The van der Waals surface area contributed by atoms with Crippen LogP contribution in [-0.2, 0) is 5.41 Å². The van der Waals surface area contributed by atoms with E-state index in [4.69, 9.17) is 4.42 Å². The van der Waals surface area contributed by atoms with Crippen molar-refractivity contribution in [2.45, 2.75) is 5.41 Å². The van der Waals surface area contributed by atoms with Crippen molar-refractivity contribution in [3.05, 3.63) is 271 Å². The van der Waals surface area contributed by atoms with Gasteiger partial charge in [0.15, 0.2) is 0 Å². The molecule has 312 valence electrons. The van der Waals surface area contributed by atoms with Crippen LogP contribution in [0.1, 0.15) is 22.3 Å². The minimum Gasteiger partial charge on any atom is -0.456 e. The molecule has 2 aliphatic carbocycles. The van der Waals surface area contributed by atoms with Crippen LogP contribution in [-0.4, -0.2) is 0 Å². The summed E-state index contributed by atoms with van der Waals surface area (Å²) >= 11 is 0. The average Bonchev–Trinajstić information content (AvgIpc) is 4.04. The third-order valence-corrected chi connectivity index (χ3v) is 14.5. The van der Waals surface area contributed by atoms with E-state index in [1.807, 2.05) is 6.07 Å². The lowest BCUT2D eigenvalue weighted by Crippen LogP contribution is -2.26. The predicted octanol–water partition coefficient (Wildman–Crippen LogP) is 17.6. The van der Waals surface area contributed by atoms with Gasteiger partial charge in [-0.25, -0.2) is 0 Å². The monoisotopic (exact) mass is 851 g/mol. The summed E-state index contributed by atoms with van der Waals surface area (Å²) in [4.78, 5) is 2.48. The van der Waals surface area contributed by atoms with E-state index in [2.05, 4.69) is 248 Å². The van der Waals surface area contributed by atoms with E-state index in [1.165, 1.54) is 77.5 Å². The number of hydrogen-bond acceptors (Lipinski definition) is 2. The molecule has 1 aromatic heterocycles. The van der Waals surface area contributed by atoms with E-state index in [-0.39, 0.29) is 0 Å². The van der Waals surface area contributed by atoms with Crippen LogP contribution in [0.3, 0.4) is 0 Å². The van der Waals surface area contributed by atoms with Gasteiger partial charge in [-0.15, -0.1) is 0 Å². The molecular weight excluding hydrogens is 811 g/mol. The second kappa shape index (κ2) is 14.7. The van der Waals surface area contributed by atoms with Crippen molar-refractivity contribution < 1.29 is 4.42 Å². The Hall–Kier alpha value is -8.72. The van der Waals surface area contributed by atoms with E-state index < -0.39 is 5.41 Å². The molecule has 0 saturated heterocycles. The molecule has 2 nitrogen and oxygen atoms in total. The molecular formula is C65H41NO. The van der Waals surface area contributed by atoms with Gasteiger partial charge in [0.2, 0.25) is 0 Å². The van der Waals surface area contributed by atoms with Crippen molar-refractivity contribution in [2.24, 2.45) is 0 Å². The van der Waals surface area contributed by atoms with Gasteiger partial charge in [-0.1, -0.05) is 200 Å². The molecule has 0 aliphatic heterocycles. The second-order valence-corrected chi connectivity index (χ2v) is 17.9. The van der Waals surface area contributed by atoms with Crippen LogP contribution < -0.4 is 4.90 Å². The quantitative estimate of drug-likeness (QED) is 0.166. The first-order valence-electron chi connectivity index (χ1n) is 23.2. The summed E-state index contributed by atoms with van der Waals surface area (Å²) in [5.41, 5.74) is 22.1. The van der Waals surface area contributed by atoms with E-state index in [1.54, 1.807) is 0 Å². The molecule has 14 rings (SSSR count). The van der Waals surface area contributed by atoms with Crippen molar-refractivity contribution in [2.75, 3.05) is 4.90 Å². The zero-order valence-corrected chi connectivity index (χ0v) is 36.5. The van der Waals surface area contributed by atoms with Crippen molar-refractivity contribution in [1.29, 1.82) is 0 Å². The lowest BCUT2D eigenvalue weighted by molar-refractivity contribution is 0.669. The van der Waals surface area contributed by atoms with Gasteiger partial charge in [0, 0.05) is 27.7 Å². The van der Waals surface area contributed by atoms with Crippen LogP contribution in [0, 0.1) is 0 Å². The molecule has 2 aliphatic rings. The maximum atomic E-state index is 6.39. The molecule has 0 bridgehead atoms. The molecule has 1 heterocycles. The Balaban J connectivity index is 0.948. The van der Waals surface area contributed by atoms with E-state index in [0.717, 1.165) is 50.1 Å². The Labute approximate surface area is 389 Å². The van der Waals surface area contributed by atoms with Gasteiger partial charge in [0.1, 0.15) is 11.2 Å². The summed E-state index contributed by atoms with van der Waals surface area (Å²) < 4.78 is 6.39. The molecule has 0 unspecified atom stereocenters. The molecule has 67 heavy (non-hydrogen) atoms. The van der Waals surface area contributed by atoms with Crippen LogP contribution in [0.25, 0.3) is 88.3 Å². The zero-order chi connectivity index (χ0) is 44.1. The third-order valence-electron chi connectivity index (χ3n) is 14.5. The Morgan fingerprint density at radius 2 is 0.851 bits per heavy atom. The standard InChI is InChI=1S/C65H41NO/c1-2-15-46-40-47(35-34-42(46)14-1)45-32-30-43(31-33-45)44-36-38-49(39-37-44)66(50-17-11-16-48(41-50)51-22-12-29-62-63(51)55-21-6-10-28-61(55)67-62)60-27-13-26-59-64(60)54-20-5-9-25-58(54)65(59)56-23-7-3-18-52(56)53-19-4-8-24-57(53)65/h1-41H. The number of rotatable bonds is 6. The fourth-order valence-corrected chi connectivity index (χ4v) is 11.6. The molecule has 0 fully saturated rings. The summed E-state index contributed by atoms with van der Waals surface area (Å²) in [7, 11) is 0. The maximum Gasteiger partial charge on any atom is 0.136 e. The van der Waals surface area contributed by atoms with Crippen LogP contribution in [0.2, 0.25) is 0 Å². The fraction of sp³-hybridized carbons (Fsp3) is 0.0154. The van der Waals surface area contributed by atoms with Crippen LogP contribution in [0.15, 0.2) is 253 Å². The van der Waals surface area contributed by atoms with E-state index in [0.29, 0.717) is 0 Å². The second-order valence-electron chi connectivity index (χ2n) is 17.9. The number of nitrogens with zero attached hydrogens (tertiary/aromatic N) is 1. The largest absolute Gasteiger partial charge is 0.456 e. The topological polar surface area (TPSA) is 16.4 Å². The maximum absolute atomic E-state index is 6.39. The van der Waals surface area contributed by atoms with Crippen molar-refractivity contribution in [3.8, 4) is 55.6 Å². The van der Waals surface area contributed by atoms with Gasteiger partial charge < -0.3 is 9.32 Å². The van der Waals surface area contributed by atoms with E-state index >= 15 is 0 Å². The smallest absolute Gasteiger partial charge is 0.136 e. The lowest BCUT2D eigenvalue weighted by atomic mass is 9.70. The number of para-hydroxylation sites is 1. The minimum absolute atomic E-state index is 0.455. The Morgan fingerprint density at radius 3 is 1.61 bits per heavy atom. The first-order chi connectivity index (χ1) is 33.2. The van der Waals surface area contributed by atoms with Gasteiger partial charge in [0.05, 0.1) is 11.1 Å². The molecule has 0 saturated carbocycles. The van der Waals surface area contributed by atoms with Gasteiger partial charge in [0.25, 0.3) is 0 Å². The molecule has 0 amide bonds. The zero-order valence-electron chi connectivity index (χ0n) is 36.5. The molecule has 12 aromatic rings. The van der Waals surface area contributed by atoms with Crippen molar-refractivity contribution in [1.82, 2.24) is 0 Å². The molecule has 0 radical (unpaired) electrons. The summed E-state index contributed by atoms with van der Waals surface area (Å²) in [5, 5.41) is 4.76. The minimum atomic E-state index is -0.455. The first-order valence-corrected chi connectivity index (χ1v) is 23.2. The van der Waals surface area contributed by atoms with Gasteiger partial charge in [-0.2, -0.15) is 0 Å². The van der Waals surface area contributed by atoms with Crippen LogP contribution in [0.4, 0.5) is 17.1 Å².